The highest BCUT2D eigenvalue weighted by Gasteiger charge is 2.31. The molecule has 3 heterocycles. The monoisotopic (exact) mass is 674 g/mol. The van der Waals surface area contributed by atoms with Gasteiger partial charge in [-0.05, 0) is 91.0 Å². The van der Waals surface area contributed by atoms with Crippen molar-refractivity contribution in [2.75, 3.05) is 13.1 Å². The van der Waals surface area contributed by atoms with E-state index in [4.69, 9.17) is 5.10 Å². The fraction of sp³-hybridized carbons (Fsp3) is 0.222. The molecule has 4 rings (SSSR count). The second-order valence-corrected chi connectivity index (χ2v) is 24.0. The van der Waals surface area contributed by atoms with Gasteiger partial charge in [0.15, 0.2) is 5.65 Å². The lowest BCUT2D eigenvalue weighted by Gasteiger charge is -2.25. The first kappa shape index (κ1) is 22.4. The third kappa shape index (κ3) is 5.15. The molecule has 30 heavy (non-hydrogen) atoms. The summed E-state index contributed by atoms with van der Waals surface area (Å²) in [6, 6.07) is 7.48. The van der Waals surface area contributed by atoms with Crippen LogP contribution in [0.25, 0.3) is 16.7 Å². The van der Waals surface area contributed by atoms with Crippen LogP contribution in [0.4, 0.5) is 13.2 Å². The van der Waals surface area contributed by atoms with E-state index < -0.39 is 6.36 Å². The minimum Gasteiger partial charge on any atom is -0.406 e. The van der Waals surface area contributed by atoms with Crippen LogP contribution in [0.2, 0.25) is 0 Å². The van der Waals surface area contributed by atoms with Crippen molar-refractivity contribution < 1.29 is 17.9 Å². The van der Waals surface area contributed by atoms with Crippen molar-refractivity contribution in [1.82, 2.24) is 20.1 Å². The molecule has 2 aromatic heterocycles. The van der Waals surface area contributed by atoms with Crippen molar-refractivity contribution in [3.63, 3.8) is 0 Å². The van der Waals surface area contributed by atoms with Crippen LogP contribution in [-0.2, 0) is 0 Å². The summed E-state index contributed by atoms with van der Waals surface area (Å²) >= 11 is 6.29. The molecule has 0 amide bonds. The Hall–Kier alpha value is -0.810. The molecule has 1 aromatic carbocycles. The predicted octanol–water partition coefficient (Wildman–Crippen LogP) is 6.15. The van der Waals surface area contributed by atoms with Gasteiger partial charge in [0.1, 0.15) is 5.75 Å². The molecular weight excluding hydrogens is 662 g/mol. The summed E-state index contributed by atoms with van der Waals surface area (Å²) in [5.74, 6) is 3.18. The van der Waals surface area contributed by atoms with E-state index >= 15 is 0 Å². The summed E-state index contributed by atoms with van der Waals surface area (Å²) in [4.78, 5) is 4.50. The molecule has 3 aromatic rings. The summed E-state index contributed by atoms with van der Waals surface area (Å²) in [5.41, 5.74) is 2.97. The minimum atomic E-state index is -4.73. The number of nitrogens with zero attached hydrogens (tertiary/aromatic N) is 3. The number of halogens is 5. The van der Waals surface area contributed by atoms with Crippen LogP contribution in [0.1, 0.15) is 17.2 Å². The number of pyridine rings is 1. The normalized spacial score (nSPS) is 14.5. The highest BCUT2D eigenvalue weighted by atomic mass is 127. The standard InChI is InChI=1S/C18H12F3I2N4OPS/c19-18(20,21)28-14-3-1-13(2-4-14)27-17-15(16(26-27)12-9-24-10-12)11(5-7-25-17)6-8-30-29(22)23/h1-5,7,12,24H,9-10H2. The number of hydrogen-bond acceptors (Lipinski definition) is 5. The quantitative estimate of drug-likeness (QED) is 0.205. The van der Waals surface area contributed by atoms with Gasteiger partial charge in [-0.15, -0.1) is 13.2 Å². The Labute approximate surface area is 201 Å². The molecule has 5 nitrogen and oxygen atoms in total. The van der Waals surface area contributed by atoms with E-state index in [0.29, 0.717) is 11.3 Å². The van der Waals surface area contributed by atoms with Crippen molar-refractivity contribution in [1.29, 1.82) is 0 Å². The zero-order valence-corrected chi connectivity index (χ0v) is 21.0. The number of alkyl halides is 3. The Kier molecular flexibility index (Phi) is 6.98. The van der Waals surface area contributed by atoms with Gasteiger partial charge in [-0.25, -0.2) is 9.67 Å². The van der Waals surface area contributed by atoms with Gasteiger partial charge in [-0.1, -0.05) is 5.92 Å². The van der Waals surface area contributed by atoms with Crippen LogP contribution in [0.3, 0.4) is 0 Å². The van der Waals surface area contributed by atoms with Crippen LogP contribution >= 0.6 is 57.9 Å². The van der Waals surface area contributed by atoms with Gasteiger partial charge in [-0.3, -0.25) is 0 Å². The molecule has 0 spiro atoms. The van der Waals surface area contributed by atoms with E-state index in [9.17, 15) is 13.2 Å². The van der Waals surface area contributed by atoms with Crippen LogP contribution in [-0.4, -0.2) is 34.2 Å². The Morgan fingerprint density at radius 3 is 2.53 bits per heavy atom. The molecule has 0 radical (unpaired) electrons. The first-order valence-electron chi connectivity index (χ1n) is 8.56. The molecule has 156 valence electrons. The van der Waals surface area contributed by atoms with E-state index in [-0.39, 0.29) is 14.1 Å². The molecule has 1 aliphatic heterocycles. The van der Waals surface area contributed by atoms with Gasteiger partial charge in [0, 0.05) is 30.8 Å². The Morgan fingerprint density at radius 2 is 1.93 bits per heavy atom. The largest absolute Gasteiger partial charge is 0.573 e. The zero-order valence-electron chi connectivity index (χ0n) is 15.0. The molecule has 1 saturated heterocycles. The van der Waals surface area contributed by atoms with E-state index in [2.05, 4.69) is 70.3 Å². The van der Waals surface area contributed by atoms with Crippen molar-refractivity contribution in [2.24, 2.45) is 0 Å². The van der Waals surface area contributed by atoms with Gasteiger partial charge >= 0.3 is 6.36 Å². The smallest absolute Gasteiger partial charge is 0.406 e. The molecule has 0 bridgehead atoms. The average molecular weight is 674 g/mol. The number of fused-ring (bicyclic) bond motifs is 1. The number of ether oxygens (including phenoxy) is 1. The molecule has 1 aliphatic rings. The molecular formula is C18H12F3I2N4OPS. The van der Waals surface area contributed by atoms with Gasteiger partial charge in [0.2, 0.25) is 0 Å². The number of nitrogens with one attached hydrogen (secondary N) is 1. The summed E-state index contributed by atoms with van der Waals surface area (Å²) in [7, 11) is 0. The Balaban J connectivity index is 1.78. The van der Waals surface area contributed by atoms with Crippen LogP contribution in [0, 0.1) is 11.2 Å². The van der Waals surface area contributed by atoms with Gasteiger partial charge < -0.3 is 10.1 Å². The number of benzene rings is 1. The lowest BCUT2D eigenvalue weighted by molar-refractivity contribution is -0.274. The third-order valence-electron chi connectivity index (χ3n) is 4.38. The molecule has 12 heteroatoms. The second kappa shape index (κ2) is 9.36. The highest BCUT2D eigenvalue weighted by Crippen LogP contribution is 2.64. The maximum atomic E-state index is 12.4. The fourth-order valence-electron chi connectivity index (χ4n) is 3.02. The lowest BCUT2D eigenvalue weighted by Crippen LogP contribution is -2.40. The van der Waals surface area contributed by atoms with E-state index in [1.165, 1.54) is 24.3 Å². The fourth-order valence-corrected chi connectivity index (χ4v) is 5.36. The van der Waals surface area contributed by atoms with E-state index in [1.54, 1.807) is 22.3 Å². The topological polar surface area (TPSA) is 52.0 Å². The van der Waals surface area contributed by atoms with Gasteiger partial charge in [-0.2, -0.15) is 5.10 Å². The van der Waals surface area contributed by atoms with E-state index in [1.807, 2.05) is 6.07 Å². The number of aromatic nitrogens is 3. The zero-order chi connectivity index (χ0) is 21.3. The van der Waals surface area contributed by atoms with Crippen molar-refractivity contribution in [2.45, 2.75) is 12.3 Å². The second-order valence-electron chi connectivity index (χ2n) is 6.27. The maximum absolute atomic E-state index is 12.4. The summed E-state index contributed by atoms with van der Waals surface area (Å²) in [6.45, 7) is 1.63. The Morgan fingerprint density at radius 1 is 1.20 bits per heavy atom. The summed E-state index contributed by atoms with van der Waals surface area (Å²) < 4.78 is 42.7. The lowest BCUT2D eigenvalue weighted by atomic mass is 9.95. The average Bonchev–Trinajstić information content (AvgIpc) is 2.99. The number of rotatable bonds is 4. The van der Waals surface area contributed by atoms with Gasteiger partial charge in [0.05, 0.1) is 19.2 Å². The van der Waals surface area contributed by atoms with Gasteiger partial charge in [0.25, 0.3) is 0 Å². The van der Waals surface area contributed by atoms with Crippen molar-refractivity contribution in [3.8, 4) is 22.6 Å². The highest BCUT2D eigenvalue weighted by molar-refractivity contribution is 14.3. The third-order valence-corrected chi connectivity index (χ3v) is 8.94. The first-order valence-corrected chi connectivity index (χ1v) is 16.9. The van der Waals surface area contributed by atoms with Crippen LogP contribution in [0.5, 0.6) is 5.75 Å². The van der Waals surface area contributed by atoms with Crippen LogP contribution in [0.15, 0.2) is 36.5 Å². The summed E-state index contributed by atoms with van der Waals surface area (Å²) in [6.07, 6.45) is -3.05. The van der Waals surface area contributed by atoms with Crippen LogP contribution < -0.4 is 10.1 Å². The van der Waals surface area contributed by atoms with Crippen molar-refractivity contribution in [3.05, 3.63) is 47.8 Å². The first-order chi connectivity index (χ1) is 14.3. The van der Waals surface area contributed by atoms with Crippen molar-refractivity contribution >= 4 is 68.9 Å². The molecule has 0 unspecified atom stereocenters. The number of hydrogen-bond donors (Lipinski definition) is 1. The minimum absolute atomic E-state index is 0.241. The Bertz CT molecular complexity index is 1120. The SMILES string of the molecule is FC(F)(F)Oc1ccc(-n2nc(C3CNC3)c3c(C#CSP(I)I)ccnc32)cc1. The molecule has 1 N–H and O–H groups in total. The molecule has 0 saturated carbocycles. The van der Waals surface area contributed by atoms with E-state index in [0.717, 1.165) is 29.7 Å². The predicted molar refractivity (Wildman–Crippen MR) is 131 cm³/mol. The molecule has 1 fully saturated rings. The molecule has 0 aliphatic carbocycles. The maximum Gasteiger partial charge on any atom is 0.573 e. The summed E-state index contributed by atoms with van der Waals surface area (Å²) in [5, 5.41) is 12.1. The molecule has 0 atom stereocenters.